The van der Waals surface area contributed by atoms with Crippen LogP contribution in [0.3, 0.4) is 0 Å². The van der Waals surface area contributed by atoms with Gasteiger partial charge < -0.3 is 25.0 Å². The standard InChI is InChI=1S/C29H37N5O6/c1-31-20-26(35)33-24(15-16-27(36)37)28(38)32(17-7-6-10-21-8-4-3-5-9-21)19-25(33)34(31)29(39)30-18-22-11-13-23(40-2)14-12-22/h3-5,8-9,11-14,24-25H,6-7,10,15-20H2,1-2H3,(H,30,39)(H,36,37)/t24-,25-/m0/s1. The molecule has 4 rings (SSSR count). The topological polar surface area (TPSA) is 123 Å². The first-order valence-electron chi connectivity index (χ1n) is 13.5. The van der Waals surface area contributed by atoms with Crippen LogP contribution in [0.4, 0.5) is 4.79 Å². The molecule has 0 saturated carbocycles. The average molecular weight is 552 g/mol. The second kappa shape index (κ2) is 13.3. The molecule has 214 valence electrons. The van der Waals surface area contributed by atoms with Crippen LogP contribution < -0.4 is 10.1 Å². The quantitative estimate of drug-likeness (QED) is 0.411. The third-order valence-corrected chi connectivity index (χ3v) is 7.37. The number of carboxylic acids is 1. The Labute approximate surface area is 234 Å². The van der Waals surface area contributed by atoms with E-state index in [1.807, 2.05) is 42.5 Å². The van der Waals surface area contributed by atoms with Gasteiger partial charge in [0.2, 0.25) is 11.8 Å². The summed E-state index contributed by atoms with van der Waals surface area (Å²) in [5, 5.41) is 15.3. The number of methoxy groups -OCH3 is 1. The van der Waals surface area contributed by atoms with Crippen molar-refractivity contribution < 1.29 is 29.0 Å². The first-order valence-corrected chi connectivity index (χ1v) is 13.5. The zero-order valence-corrected chi connectivity index (χ0v) is 23.0. The number of fused-ring (bicyclic) bond motifs is 1. The fourth-order valence-corrected chi connectivity index (χ4v) is 5.32. The van der Waals surface area contributed by atoms with Gasteiger partial charge in [-0.3, -0.25) is 14.4 Å². The lowest BCUT2D eigenvalue weighted by atomic mass is 10.0. The van der Waals surface area contributed by atoms with Crippen LogP contribution in [-0.2, 0) is 27.3 Å². The van der Waals surface area contributed by atoms with Gasteiger partial charge in [-0.2, -0.15) is 0 Å². The van der Waals surface area contributed by atoms with Crippen LogP contribution in [0.5, 0.6) is 5.75 Å². The lowest BCUT2D eigenvalue weighted by Gasteiger charge is -2.54. The molecule has 2 aliphatic heterocycles. The summed E-state index contributed by atoms with van der Waals surface area (Å²) >= 11 is 0. The van der Waals surface area contributed by atoms with E-state index in [1.165, 1.54) is 15.5 Å². The normalized spacial score (nSPS) is 19.4. The number of nitrogens with zero attached hydrogens (tertiary/aromatic N) is 4. The minimum atomic E-state index is -1.04. The van der Waals surface area contributed by atoms with Gasteiger partial charge in [-0.15, -0.1) is 0 Å². The molecule has 11 nitrogen and oxygen atoms in total. The summed E-state index contributed by atoms with van der Waals surface area (Å²) < 4.78 is 5.19. The molecule has 0 unspecified atom stereocenters. The van der Waals surface area contributed by atoms with Gasteiger partial charge in [0.1, 0.15) is 18.0 Å². The van der Waals surface area contributed by atoms with E-state index in [0.29, 0.717) is 12.3 Å². The first-order chi connectivity index (χ1) is 19.3. The van der Waals surface area contributed by atoms with E-state index in [0.717, 1.165) is 24.8 Å². The number of hydrogen-bond acceptors (Lipinski definition) is 6. The molecule has 0 aliphatic carbocycles. The van der Waals surface area contributed by atoms with Crippen molar-refractivity contribution in [3.05, 3.63) is 65.7 Å². The van der Waals surface area contributed by atoms with Crippen molar-refractivity contribution in [2.45, 2.75) is 50.9 Å². The molecule has 2 aromatic rings. The fraction of sp³-hybridized carbons (Fsp3) is 0.448. The first kappa shape index (κ1) is 28.9. The van der Waals surface area contributed by atoms with Gasteiger partial charge in [-0.1, -0.05) is 42.5 Å². The van der Waals surface area contributed by atoms with Crippen LogP contribution in [0.1, 0.15) is 36.8 Å². The maximum absolute atomic E-state index is 13.5. The van der Waals surface area contributed by atoms with E-state index in [-0.39, 0.29) is 44.3 Å². The van der Waals surface area contributed by atoms with Gasteiger partial charge in [-0.25, -0.2) is 14.8 Å². The molecule has 2 N–H and O–H groups in total. The average Bonchev–Trinajstić information content (AvgIpc) is 2.94. The van der Waals surface area contributed by atoms with Crippen molar-refractivity contribution in [3.8, 4) is 5.75 Å². The Balaban J connectivity index is 1.48. The minimum Gasteiger partial charge on any atom is -0.497 e. The Morgan fingerprint density at radius 1 is 1.02 bits per heavy atom. The predicted octanol–water partition coefficient (Wildman–Crippen LogP) is 2.32. The summed E-state index contributed by atoms with van der Waals surface area (Å²) in [5.74, 6) is -0.906. The number of unbranched alkanes of at least 4 members (excludes halogenated alkanes) is 1. The molecular formula is C29H37N5O6. The highest BCUT2D eigenvalue weighted by atomic mass is 16.5. The number of likely N-dealkylation sites (N-methyl/N-ethyl adjacent to an activating group) is 1. The van der Waals surface area contributed by atoms with Crippen LogP contribution in [0.2, 0.25) is 0 Å². The number of aliphatic carboxylic acids is 1. The molecule has 2 heterocycles. The lowest BCUT2D eigenvalue weighted by Crippen LogP contribution is -2.76. The van der Waals surface area contributed by atoms with Crippen molar-refractivity contribution in [1.82, 2.24) is 25.1 Å². The van der Waals surface area contributed by atoms with Crippen molar-refractivity contribution in [3.63, 3.8) is 0 Å². The summed E-state index contributed by atoms with van der Waals surface area (Å²) in [6, 6.07) is 16.1. The number of piperazine rings is 1. The molecule has 40 heavy (non-hydrogen) atoms. The number of benzene rings is 2. The van der Waals surface area contributed by atoms with Crippen LogP contribution in [0.15, 0.2) is 54.6 Å². The predicted molar refractivity (Wildman–Crippen MR) is 147 cm³/mol. The summed E-state index contributed by atoms with van der Waals surface area (Å²) in [5.41, 5.74) is 2.09. The number of carbonyl (C=O) groups excluding carboxylic acids is 3. The molecule has 0 radical (unpaired) electrons. The molecule has 2 aliphatic rings. The number of ether oxygens (including phenoxy) is 1. The molecule has 2 atom stereocenters. The highest BCUT2D eigenvalue weighted by Crippen LogP contribution is 2.28. The van der Waals surface area contributed by atoms with Gasteiger partial charge in [-0.05, 0) is 48.9 Å². The minimum absolute atomic E-state index is 0.0120. The monoisotopic (exact) mass is 551 g/mol. The number of aryl methyl sites for hydroxylation is 1. The van der Waals surface area contributed by atoms with E-state index >= 15 is 0 Å². The number of carboxylic acid groups (broad SMARTS) is 1. The molecule has 0 spiro atoms. The summed E-state index contributed by atoms with van der Waals surface area (Å²) in [4.78, 5) is 54.6. The third-order valence-electron chi connectivity index (χ3n) is 7.37. The summed E-state index contributed by atoms with van der Waals surface area (Å²) in [7, 11) is 3.25. The van der Waals surface area contributed by atoms with E-state index in [1.54, 1.807) is 24.1 Å². The van der Waals surface area contributed by atoms with Gasteiger partial charge >= 0.3 is 12.0 Å². The number of hydrazine groups is 1. The van der Waals surface area contributed by atoms with Crippen molar-refractivity contribution in [2.24, 2.45) is 0 Å². The summed E-state index contributed by atoms with van der Waals surface area (Å²) in [6.45, 7) is 0.775. The number of hydrogen-bond donors (Lipinski definition) is 2. The lowest BCUT2D eigenvalue weighted by molar-refractivity contribution is -0.187. The Morgan fingerprint density at radius 3 is 2.42 bits per heavy atom. The second-order valence-corrected chi connectivity index (χ2v) is 10.1. The molecule has 0 bridgehead atoms. The molecular weight excluding hydrogens is 514 g/mol. The molecule has 11 heteroatoms. The van der Waals surface area contributed by atoms with E-state index < -0.39 is 24.2 Å². The van der Waals surface area contributed by atoms with E-state index in [2.05, 4.69) is 17.4 Å². The third kappa shape index (κ3) is 6.90. The molecule has 2 fully saturated rings. The van der Waals surface area contributed by atoms with E-state index in [4.69, 9.17) is 4.74 Å². The molecule has 4 amide bonds. The Hall–Kier alpha value is -4.12. The van der Waals surface area contributed by atoms with Crippen molar-refractivity contribution in [2.75, 3.05) is 33.8 Å². The maximum atomic E-state index is 13.5. The number of carbonyl (C=O) groups is 4. The zero-order chi connectivity index (χ0) is 28.6. The Kier molecular flexibility index (Phi) is 9.60. The Morgan fingerprint density at radius 2 is 1.75 bits per heavy atom. The summed E-state index contributed by atoms with van der Waals surface area (Å²) in [6.07, 6.45) is 1.48. The van der Waals surface area contributed by atoms with E-state index in [9.17, 15) is 24.3 Å². The molecule has 0 aromatic heterocycles. The number of urea groups is 1. The number of rotatable bonds is 11. The van der Waals surface area contributed by atoms with Gasteiger partial charge in [0.15, 0.2) is 0 Å². The molecule has 2 saturated heterocycles. The van der Waals surface area contributed by atoms with Gasteiger partial charge in [0.05, 0.1) is 20.2 Å². The zero-order valence-electron chi connectivity index (χ0n) is 23.0. The fourth-order valence-electron chi connectivity index (χ4n) is 5.32. The van der Waals surface area contributed by atoms with Gasteiger partial charge in [0.25, 0.3) is 0 Å². The van der Waals surface area contributed by atoms with Gasteiger partial charge in [0, 0.05) is 26.6 Å². The largest absolute Gasteiger partial charge is 0.497 e. The Bertz CT molecular complexity index is 1190. The van der Waals surface area contributed by atoms with Crippen LogP contribution in [-0.4, -0.2) is 94.7 Å². The highest BCUT2D eigenvalue weighted by Gasteiger charge is 2.50. The van der Waals surface area contributed by atoms with Crippen LogP contribution >= 0.6 is 0 Å². The van der Waals surface area contributed by atoms with Crippen LogP contribution in [0.25, 0.3) is 0 Å². The number of nitrogens with one attached hydrogen (secondary N) is 1. The molecule has 2 aromatic carbocycles. The van der Waals surface area contributed by atoms with Crippen molar-refractivity contribution in [1.29, 1.82) is 0 Å². The second-order valence-electron chi connectivity index (χ2n) is 10.1. The van der Waals surface area contributed by atoms with Crippen molar-refractivity contribution >= 4 is 23.8 Å². The van der Waals surface area contributed by atoms with Crippen LogP contribution in [0, 0.1) is 0 Å². The number of amides is 4. The maximum Gasteiger partial charge on any atom is 0.334 e. The highest BCUT2D eigenvalue weighted by molar-refractivity contribution is 5.91. The smallest absolute Gasteiger partial charge is 0.334 e. The SMILES string of the molecule is COc1ccc(CNC(=O)N2[C@H]3CN(CCCCc4ccccc4)C(=O)[C@H](CCC(=O)O)N3C(=O)CN2C)cc1.